The van der Waals surface area contributed by atoms with Crippen molar-refractivity contribution in [2.75, 3.05) is 6.61 Å². The molecule has 0 radical (unpaired) electrons. The van der Waals surface area contributed by atoms with Gasteiger partial charge in [0.15, 0.2) is 0 Å². The van der Waals surface area contributed by atoms with Gasteiger partial charge in [-0.15, -0.1) is 0 Å². The summed E-state index contributed by atoms with van der Waals surface area (Å²) in [6.45, 7) is 9.03. The molecule has 1 aliphatic heterocycles. The second-order valence-corrected chi connectivity index (χ2v) is 10.8. The SMILES string of the molecule is CC1(C)CCC[C@@]2(C)[C@H]1CC[C@@]1(C)OC(CO)=C(c3ccc(CO)nc3CO)C[C@@H]21. The zero-order valence-electron chi connectivity index (χ0n) is 18.9. The third kappa shape index (κ3) is 3.30. The minimum atomic E-state index is -0.280. The van der Waals surface area contributed by atoms with Crippen molar-refractivity contribution in [3.63, 3.8) is 0 Å². The van der Waals surface area contributed by atoms with Crippen LogP contribution in [0.2, 0.25) is 0 Å². The van der Waals surface area contributed by atoms with E-state index in [1.165, 1.54) is 25.7 Å². The number of allylic oxidation sites excluding steroid dienone is 1. The molecule has 2 aliphatic carbocycles. The second-order valence-electron chi connectivity index (χ2n) is 10.8. The molecule has 0 bridgehead atoms. The van der Waals surface area contributed by atoms with Gasteiger partial charge in [-0.3, -0.25) is 4.98 Å². The summed E-state index contributed by atoms with van der Waals surface area (Å²) < 4.78 is 6.60. The number of rotatable bonds is 4. The summed E-state index contributed by atoms with van der Waals surface area (Å²) in [6.07, 6.45) is 6.73. The maximum absolute atomic E-state index is 10.2. The molecule has 5 nitrogen and oxygen atoms in total. The van der Waals surface area contributed by atoms with Crippen molar-refractivity contribution in [2.24, 2.45) is 22.7 Å². The Labute approximate surface area is 180 Å². The summed E-state index contributed by atoms with van der Waals surface area (Å²) in [4.78, 5) is 4.43. The van der Waals surface area contributed by atoms with Crippen LogP contribution in [0.1, 0.15) is 83.2 Å². The molecule has 5 heteroatoms. The van der Waals surface area contributed by atoms with E-state index in [2.05, 4.69) is 32.7 Å². The summed E-state index contributed by atoms with van der Waals surface area (Å²) in [5, 5.41) is 29.6. The van der Waals surface area contributed by atoms with Gasteiger partial charge in [0.2, 0.25) is 0 Å². The molecule has 3 aliphatic rings. The Hall–Kier alpha value is -1.43. The minimum absolute atomic E-state index is 0.157. The van der Waals surface area contributed by atoms with Gasteiger partial charge in [-0.1, -0.05) is 33.3 Å². The van der Waals surface area contributed by atoms with Crippen molar-refractivity contribution in [3.05, 3.63) is 34.8 Å². The normalized spacial score (nSPS) is 35.4. The molecule has 166 valence electrons. The molecule has 1 aromatic rings. The molecular formula is C25H37NO4. The standard InChI is InChI=1S/C25H37NO4/c1-23(2)9-5-10-24(3)21(23)8-11-25(4)22(24)12-18(20(15-29)30-25)17-7-6-16(13-27)26-19(17)14-28/h6-7,21-22,27-29H,5,8-15H2,1-4H3/t21-,22-,24-,25+/m0/s1. The van der Waals surface area contributed by atoms with Crippen LogP contribution >= 0.6 is 0 Å². The van der Waals surface area contributed by atoms with Crippen molar-refractivity contribution in [1.82, 2.24) is 4.98 Å². The molecule has 4 rings (SSSR count). The average Bonchev–Trinajstić information content (AvgIpc) is 2.71. The van der Waals surface area contributed by atoms with Gasteiger partial charge in [-0.05, 0) is 61.8 Å². The molecule has 0 aromatic carbocycles. The lowest BCUT2D eigenvalue weighted by Gasteiger charge is -2.63. The second kappa shape index (κ2) is 7.61. The third-order valence-electron chi connectivity index (χ3n) is 8.65. The average molecular weight is 416 g/mol. The lowest BCUT2D eigenvalue weighted by atomic mass is 9.44. The Morgan fingerprint density at radius 2 is 1.73 bits per heavy atom. The first-order valence-corrected chi connectivity index (χ1v) is 11.4. The summed E-state index contributed by atoms with van der Waals surface area (Å²) in [5.41, 5.74) is 3.10. The van der Waals surface area contributed by atoms with E-state index >= 15 is 0 Å². The van der Waals surface area contributed by atoms with Crippen LogP contribution in [0.3, 0.4) is 0 Å². The van der Waals surface area contributed by atoms with Crippen molar-refractivity contribution in [1.29, 1.82) is 0 Å². The zero-order chi connectivity index (χ0) is 21.7. The number of nitrogens with zero attached hydrogens (tertiary/aromatic N) is 1. The Kier molecular flexibility index (Phi) is 5.53. The van der Waals surface area contributed by atoms with E-state index < -0.39 is 0 Å². The molecule has 0 spiro atoms. The summed E-state index contributed by atoms with van der Waals surface area (Å²) in [5.74, 6) is 1.61. The Bertz CT molecular complexity index is 848. The van der Waals surface area contributed by atoms with Crippen LogP contribution in [0.5, 0.6) is 0 Å². The van der Waals surface area contributed by atoms with E-state index in [4.69, 9.17) is 4.74 Å². The van der Waals surface area contributed by atoms with Crippen LogP contribution in [-0.2, 0) is 18.0 Å². The zero-order valence-corrected chi connectivity index (χ0v) is 18.9. The Balaban J connectivity index is 1.80. The van der Waals surface area contributed by atoms with Crippen molar-refractivity contribution in [3.8, 4) is 0 Å². The van der Waals surface area contributed by atoms with Gasteiger partial charge in [-0.25, -0.2) is 0 Å². The quantitative estimate of drug-likeness (QED) is 0.687. The van der Waals surface area contributed by atoms with Crippen molar-refractivity contribution >= 4 is 5.57 Å². The molecule has 2 saturated carbocycles. The molecule has 2 fully saturated rings. The van der Waals surface area contributed by atoms with Crippen LogP contribution in [0, 0.1) is 22.7 Å². The van der Waals surface area contributed by atoms with Crippen LogP contribution in [-0.4, -0.2) is 32.5 Å². The van der Waals surface area contributed by atoms with Gasteiger partial charge in [0.1, 0.15) is 18.0 Å². The van der Waals surface area contributed by atoms with E-state index in [-0.39, 0.29) is 30.8 Å². The molecular weight excluding hydrogens is 378 g/mol. The highest BCUT2D eigenvalue weighted by Gasteiger charge is 2.60. The molecule has 1 aromatic heterocycles. The highest BCUT2D eigenvalue weighted by atomic mass is 16.5. The number of aliphatic hydroxyl groups excluding tert-OH is 3. The molecule has 30 heavy (non-hydrogen) atoms. The monoisotopic (exact) mass is 415 g/mol. The van der Waals surface area contributed by atoms with Gasteiger partial charge >= 0.3 is 0 Å². The van der Waals surface area contributed by atoms with Crippen LogP contribution in [0.25, 0.3) is 5.57 Å². The van der Waals surface area contributed by atoms with Crippen LogP contribution in [0.4, 0.5) is 0 Å². The molecule has 4 atom stereocenters. The highest BCUT2D eigenvalue weighted by molar-refractivity contribution is 5.70. The molecule has 2 heterocycles. The summed E-state index contributed by atoms with van der Waals surface area (Å²) in [6, 6.07) is 3.70. The first-order valence-electron chi connectivity index (χ1n) is 11.4. The number of hydrogen-bond acceptors (Lipinski definition) is 5. The van der Waals surface area contributed by atoms with Gasteiger partial charge < -0.3 is 20.1 Å². The van der Waals surface area contributed by atoms with Crippen LogP contribution in [0.15, 0.2) is 17.9 Å². The van der Waals surface area contributed by atoms with E-state index in [1.54, 1.807) is 6.07 Å². The molecule has 0 unspecified atom stereocenters. The summed E-state index contributed by atoms with van der Waals surface area (Å²) in [7, 11) is 0. The van der Waals surface area contributed by atoms with Gasteiger partial charge in [0, 0.05) is 17.1 Å². The Morgan fingerprint density at radius 3 is 2.40 bits per heavy atom. The first-order chi connectivity index (χ1) is 14.2. The molecule has 0 amide bonds. The van der Waals surface area contributed by atoms with Gasteiger partial charge in [0.05, 0.1) is 24.6 Å². The highest BCUT2D eigenvalue weighted by Crippen LogP contribution is 2.65. The fraction of sp³-hybridized carbons (Fsp3) is 0.720. The third-order valence-corrected chi connectivity index (χ3v) is 8.65. The van der Waals surface area contributed by atoms with E-state index in [0.29, 0.717) is 34.4 Å². The predicted octanol–water partition coefficient (Wildman–Crippen LogP) is 4.19. The minimum Gasteiger partial charge on any atom is -0.489 e. The number of aromatic nitrogens is 1. The number of hydrogen-bond donors (Lipinski definition) is 3. The van der Waals surface area contributed by atoms with E-state index in [9.17, 15) is 15.3 Å². The number of ether oxygens (including phenoxy) is 1. The van der Waals surface area contributed by atoms with E-state index in [1.807, 2.05) is 6.07 Å². The smallest absolute Gasteiger partial charge is 0.126 e. The molecule has 3 N–H and O–H groups in total. The lowest BCUT2D eigenvalue weighted by molar-refractivity contribution is -0.182. The largest absolute Gasteiger partial charge is 0.489 e. The predicted molar refractivity (Wildman–Crippen MR) is 116 cm³/mol. The maximum atomic E-state index is 10.2. The van der Waals surface area contributed by atoms with Crippen molar-refractivity contribution in [2.45, 2.75) is 85.0 Å². The number of fused-ring (bicyclic) bond motifs is 3. The number of pyridine rings is 1. The van der Waals surface area contributed by atoms with Crippen LogP contribution < -0.4 is 0 Å². The Morgan fingerprint density at radius 1 is 0.967 bits per heavy atom. The fourth-order valence-corrected chi connectivity index (χ4v) is 7.26. The van der Waals surface area contributed by atoms with E-state index in [0.717, 1.165) is 24.0 Å². The first kappa shape index (κ1) is 21.8. The summed E-state index contributed by atoms with van der Waals surface area (Å²) >= 11 is 0. The van der Waals surface area contributed by atoms with Crippen molar-refractivity contribution < 1.29 is 20.1 Å². The lowest BCUT2D eigenvalue weighted by Crippen LogP contribution is -2.59. The molecule has 0 saturated heterocycles. The number of aliphatic hydroxyl groups is 3. The van der Waals surface area contributed by atoms with Gasteiger partial charge in [0.25, 0.3) is 0 Å². The fourth-order valence-electron chi connectivity index (χ4n) is 7.26. The van der Waals surface area contributed by atoms with Gasteiger partial charge in [-0.2, -0.15) is 0 Å². The maximum Gasteiger partial charge on any atom is 0.126 e. The topological polar surface area (TPSA) is 82.8 Å².